The van der Waals surface area contributed by atoms with Gasteiger partial charge in [0.05, 0.1) is 19.3 Å². The van der Waals surface area contributed by atoms with Gasteiger partial charge in [0, 0.05) is 19.2 Å². The Morgan fingerprint density at radius 2 is 2.20 bits per heavy atom. The molecule has 1 saturated carbocycles. The number of aryl methyl sites for hydroxylation is 1. The number of carbonyl (C=O) groups is 1. The van der Waals surface area contributed by atoms with Crippen molar-refractivity contribution in [3.63, 3.8) is 0 Å². The summed E-state index contributed by atoms with van der Waals surface area (Å²) in [6, 6.07) is 5.37. The van der Waals surface area contributed by atoms with Crippen molar-refractivity contribution in [1.29, 1.82) is 0 Å². The second-order valence-electron chi connectivity index (χ2n) is 6.71. The highest BCUT2D eigenvalue weighted by Gasteiger charge is 2.21. The number of hydrogen-bond acceptors (Lipinski definition) is 4. The van der Waals surface area contributed by atoms with Gasteiger partial charge in [-0.05, 0) is 30.9 Å². The van der Waals surface area contributed by atoms with Crippen molar-refractivity contribution in [2.75, 3.05) is 13.2 Å². The van der Waals surface area contributed by atoms with Crippen LogP contribution in [0.4, 0.5) is 0 Å². The molecule has 25 heavy (non-hydrogen) atoms. The summed E-state index contributed by atoms with van der Waals surface area (Å²) in [5, 5.41) is 7.06. The second-order valence-corrected chi connectivity index (χ2v) is 6.71. The van der Waals surface area contributed by atoms with Gasteiger partial charge in [0.2, 0.25) is 5.91 Å². The lowest BCUT2D eigenvalue weighted by molar-refractivity contribution is -0.121. The molecule has 7 nitrogen and oxygen atoms in total. The summed E-state index contributed by atoms with van der Waals surface area (Å²) in [6.07, 6.45) is 7.09. The maximum atomic E-state index is 12.1. The molecule has 7 heteroatoms. The molecule has 1 fully saturated rings. The first kappa shape index (κ1) is 17.7. The third kappa shape index (κ3) is 4.48. The molecule has 2 heterocycles. The van der Waals surface area contributed by atoms with Crippen LogP contribution in [0.5, 0.6) is 0 Å². The van der Waals surface area contributed by atoms with Crippen LogP contribution in [0, 0.1) is 5.92 Å². The van der Waals surface area contributed by atoms with Gasteiger partial charge < -0.3 is 10.1 Å². The van der Waals surface area contributed by atoms with Crippen molar-refractivity contribution < 1.29 is 9.53 Å². The molecule has 1 amide bonds. The van der Waals surface area contributed by atoms with Crippen LogP contribution in [0.2, 0.25) is 0 Å². The fraction of sp³-hybridized carbons (Fsp3) is 0.611. The van der Waals surface area contributed by atoms with Crippen molar-refractivity contribution in [3.05, 3.63) is 34.9 Å². The van der Waals surface area contributed by atoms with E-state index in [4.69, 9.17) is 4.74 Å². The number of fused-ring (bicyclic) bond motifs is 1. The van der Waals surface area contributed by atoms with Crippen LogP contribution in [0.1, 0.15) is 39.0 Å². The molecule has 0 aromatic carbocycles. The second kappa shape index (κ2) is 8.29. The Kier molecular flexibility index (Phi) is 5.86. The molecule has 3 rings (SSSR count). The molecule has 136 valence electrons. The van der Waals surface area contributed by atoms with Gasteiger partial charge in [-0.3, -0.25) is 9.20 Å². The summed E-state index contributed by atoms with van der Waals surface area (Å²) >= 11 is 0. The minimum absolute atomic E-state index is 0.0933. The maximum Gasteiger partial charge on any atom is 0.350 e. The Hall–Kier alpha value is -2.15. The van der Waals surface area contributed by atoms with Gasteiger partial charge in [0.15, 0.2) is 5.65 Å². The van der Waals surface area contributed by atoms with Gasteiger partial charge in [0.25, 0.3) is 0 Å². The van der Waals surface area contributed by atoms with Crippen LogP contribution in [0.15, 0.2) is 29.2 Å². The Balaban J connectivity index is 1.39. The van der Waals surface area contributed by atoms with E-state index in [2.05, 4.69) is 17.3 Å². The highest BCUT2D eigenvalue weighted by atomic mass is 16.5. The molecule has 0 bridgehead atoms. The number of ether oxygens (including phenoxy) is 1. The molecule has 2 atom stereocenters. The molecule has 1 aliphatic rings. The van der Waals surface area contributed by atoms with E-state index in [9.17, 15) is 9.59 Å². The first-order valence-corrected chi connectivity index (χ1v) is 9.07. The monoisotopic (exact) mass is 346 g/mol. The Morgan fingerprint density at radius 1 is 1.36 bits per heavy atom. The summed E-state index contributed by atoms with van der Waals surface area (Å²) in [4.78, 5) is 24.1. The highest BCUT2D eigenvalue weighted by Crippen LogP contribution is 2.25. The van der Waals surface area contributed by atoms with Gasteiger partial charge >= 0.3 is 5.69 Å². The van der Waals surface area contributed by atoms with E-state index in [0.717, 1.165) is 6.42 Å². The summed E-state index contributed by atoms with van der Waals surface area (Å²) in [5.74, 6) is 0.510. The van der Waals surface area contributed by atoms with E-state index < -0.39 is 0 Å². The van der Waals surface area contributed by atoms with E-state index >= 15 is 0 Å². The van der Waals surface area contributed by atoms with E-state index in [-0.39, 0.29) is 24.6 Å². The van der Waals surface area contributed by atoms with Crippen molar-refractivity contribution >= 4 is 11.6 Å². The van der Waals surface area contributed by atoms with Crippen molar-refractivity contribution in [2.24, 2.45) is 5.92 Å². The van der Waals surface area contributed by atoms with Crippen molar-refractivity contribution in [2.45, 2.75) is 51.7 Å². The molecule has 1 N–H and O–H groups in total. The summed E-state index contributed by atoms with van der Waals surface area (Å²) in [7, 11) is 0. The number of aromatic nitrogens is 3. The first-order chi connectivity index (χ1) is 12.1. The molecule has 0 aliphatic heterocycles. The zero-order valence-electron chi connectivity index (χ0n) is 14.7. The summed E-state index contributed by atoms with van der Waals surface area (Å²) in [5.41, 5.74) is 0.362. The molecular formula is C18H26N4O3. The number of carbonyl (C=O) groups excluding carboxylic acids is 1. The standard InChI is InChI=1S/C18H26N4O3/c1-14-6-2-3-7-15(14)25-13-10-19-17(23)9-12-22-18(24)21-11-5-4-8-16(21)20-22/h4-5,8,11,14-15H,2-3,6-7,9-10,12-13H2,1H3,(H,19,23)/t14-,15-/m0/s1. The number of rotatable bonds is 7. The molecule has 0 radical (unpaired) electrons. The van der Waals surface area contributed by atoms with Crippen LogP contribution in [0.3, 0.4) is 0 Å². The zero-order valence-corrected chi connectivity index (χ0v) is 14.7. The molecule has 0 unspecified atom stereocenters. The lowest BCUT2D eigenvalue weighted by Gasteiger charge is -2.28. The topological polar surface area (TPSA) is 77.6 Å². The minimum atomic E-state index is -0.224. The minimum Gasteiger partial charge on any atom is -0.376 e. The molecule has 1 aliphatic carbocycles. The van der Waals surface area contributed by atoms with Crippen LogP contribution >= 0.6 is 0 Å². The molecule has 2 aromatic heterocycles. The Labute approximate surface area is 147 Å². The Bertz CT molecular complexity index is 767. The quantitative estimate of drug-likeness (QED) is 0.773. The molecular weight excluding hydrogens is 320 g/mol. The number of nitrogens with zero attached hydrogens (tertiary/aromatic N) is 3. The third-order valence-electron chi connectivity index (χ3n) is 4.83. The fourth-order valence-electron chi connectivity index (χ4n) is 3.34. The smallest absolute Gasteiger partial charge is 0.350 e. The van der Waals surface area contributed by atoms with E-state index in [0.29, 0.717) is 30.8 Å². The largest absolute Gasteiger partial charge is 0.376 e. The predicted octanol–water partition coefficient (Wildman–Crippen LogP) is 1.60. The van der Waals surface area contributed by atoms with Crippen molar-refractivity contribution in [1.82, 2.24) is 19.5 Å². The van der Waals surface area contributed by atoms with E-state index in [1.165, 1.54) is 28.3 Å². The number of nitrogens with one attached hydrogen (secondary N) is 1. The van der Waals surface area contributed by atoms with Crippen LogP contribution in [0.25, 0.3) is 5.65 Å². The third-order valence-corrected chi connectivity index (χ3v) is 4.83. The number of hydrogen-bond donors (Lipinski definition) is 1. The van der Waals surface area contributed by atoms with Gasteiger partial charge in [-0.25, -0.2) is 9.48 Å². The molecule has 2 aromatic rings. The van der Waals surface area contributed by atoms with Gasteiger partial charge in [-0.15, -0.1) is 5.10 Å². The number of amides is 1. The van der Waals surface area contributed by atoms with Gasteiger partial charge in [-0.2, -0.15) is 0 Å². The zero-order chi connectivity index (χ0) is 17.6. The van der Waals surface area contributed by atoms with E-state index in [1.54, 1.807) is 18.3 Å². The number of pyridine rings is 1. The Morgan fingerprint density at radius 3 is 3.00 bits per heavy atom. The fourth-order valence-corrected chi connectivity index (χ4v) is 3.34. The van der Waals surface area contributed by atoms with Crippen molar-refractivity contribution in [3.8, 4) is 0 Å². The SMILES string of the molecule is C[C@H]1CCCC[C@@H]1OCCNC(=O)CCn1nc2ccccn2c1=O. The van der Waals surface area contributed by atoms with Crippen LogP contribution in [-0.2, 0) is 16.1 Å². The van der Waals surface area contributed by atoms with E-state index in [1.807, 2.05) is 6.07 Å². The van der Waals surface area contributed by atoms with Crippen LogP contribution in [-0.4, -0.2) is 39.3 Å². The maximum absolute atomic E-state index is 12.1. The normalized spacial score (nSPS) is 20.7. The van der Waals surface area contributed by atoms with Gasteiger partial charge in [-0.1, -0.05) is 25.8 Å². The molecule has 0 spiro atoms. The average Bonchev–Trinajstić information content (AvgIpc) is 2.95. The highest BCUT2D eigenvalue weighted by molar-refractivity contribution is 5.75. The van der Waals surface area contributed by atoms with Gasteiger partial charge in [0.1, 0.15) is 0 Å². The summed E-state index contributed by atoms with van der Waals surface area (Å²) < 4.78 is 8.68. The lowest BCUT2D eigenvalue weighted by Crippen LogP contribution is -2.32. The summed E-state index contributed by atoms with van der Waals surface area (Å²) in [6.45, 7) is 3.54. The molecule has 0 saturated heterocycles. The van der Waals surface area contributed by atoms with Crippen LogP contribution < -0.4 is 11.0 Å². The lowest BCUT2D eigenvalue weighted by atomic mass is 9.88. The average molecular weight is 346 g/mol. The predicted molar refractivity (Wildman–Crippen MR) is 94.5 cm³/mol. The first-order valence-electron chi connectivity index (χ1n) is 9.07.